The lowest BCUT2D eigenvalue weighted by Crippen LogP contribution is -2.28. The lowest BCUT2D eigenvalue weighted by molar-refractivity contribution is 0.0939. The Morgan fingerprint density at radius 2 is 1.86 bits per heavy atom. The summed E-state index contributed by atoms with van der Waals surface area (Å²) in [4.78, 5) is 12.2. The topological polar surface area (TPSA) is 63.7 Å². The van der Waals surface area contributed by atoms with Crippen LogP contribution in [0.4, 0.5) is 0 Å². The third-order valence-corrected chi connectivity index (χ3v) is 5.58. The summed E-state index contributed by atoms with van der Waals surface area (Å²) in [5.74, 6) is 0.0264. The van der Waals surface area contributed by atoms with Gasteiger partial charge in [-0.2, -0.15) is 4.31 Å². The van der Waals surface area contributed by atoms with Crippen molar-refractivity contribution in [1.29, 1.82) is 0 Å². The van der Waals surface area contributed by atoms with Gasteiger partial charge in [-0.1, -0.05) is 13.8 Å². The molecule has 0 aromatic heterocycles. The molecule has 0 unspecified atom stereocenters. The molecule has 0 amide bonds. The van der Waals surface area contributed by atoms with Crippen LogP contribution < -0.4 is 4.74 Å². The highest BCUT2D eigenvalue weighted by Crippen LogP contribution is 2.30. The molecule has 1 aromatic carbocycles. The van der Waals surface area contributed by atoms with Crippen molar-refractivity contribution in [3.63, 3.8) is 0 Å². The lowest BCUT2D eigenvalue weighted by Gasteiger charge is -2.18. The molecule has 1 aliphatic heterocycles. The molecule has 0 bridgehead atoms. The first-order valence-electron chi connectivity index (χ1n) is 7.10. The van der Waals surface area contributed by atoms with E-state index < -0.39 is 10.0 Å². The second-order valence-electron chi connectivity index (χ2n) is 5.50. The Morgan fingerprint density at radius 1 is 1.24 bits per heavy atom. The predicted molar refractivity (Wildman–Crippen MR) is 80.2 cm³/mol. The van der Waals surface area contributed by atoms with Gasteiger partial charge in [0.25, 0.3) is 0 Å². The van der Waals surface area contributed by atoms with Crippen LogP contribution in [0.3, 0.4) is 0 Å². The summed E-state index contributed by atoms with van der Waals surface area (Å²) in [5.41, 5.74) is 0.406. The van der Waals surface area contributed by atoms with Crippen LogP contribution in [0.25, 0.3) is 0 Å². The fraction of sp³-hybridized carbons (Fsp3) is 0.533. The zero-order valence-electron chi connectivity index (χ0n) is 12.6. The average molecular weight is 311 g/mol. The van der Waals surface area contributed by atoms with Gasteiger partial charge in [0.1, 0.15) is 10.6 Å². The van der Waals surface area contributed by atoms with Crippen molar-refractivity contribution in [3.05, 3.63) is 23.8 Å². The first kappa shape index (κ1) is 16.0. The number of benzene rings is 1. The Bertz CT molecular complexity index is 631. The molecule has 1 fully saturated rings. The summed E-state index contributed by atoms with van der Waals surface area (Å²) in [5, 5.41) is 0. The van der Waals surface area contributed by atoms with Crippen molar-refractivity contribution in [2.75, 3.05) is 20.2 Å². The second kappa shape index (κ2) is 6.15. The SMILES string of the molecule is COc1ccc(C(=O)C(C)C)cc1S(=O)(=O)N1CCCC1. The van der Waals surface area contributed by atoms with Gasteiger partial charge in [-0.3, -0.25) is 4.79 Å². The summed E-state index contributed by atoms with van der Waals surface area (Å²) >= 11 is 0. The highest BCUT2D eigenvalue weighted by atomic mass is 32.2. The monoisotopic (exact) mass is 311 g/mol. The molecule has 1 aromatic rings. The fourth-order valence-electron chi connectivity index (χ4n) is 2.43. The molecule has 0 spiro atoms. The van der Waals surface area contributed by atoms with Crippen molar-refractivity contribution in [2.24, 2.45) is 5.92 Å². The lowest BCUT2D eigenvalue weighted by atomic mass is 10.0. The molecule has 0 aliphatic carbocycles. The summed E-state index contributed by atoms with van der Waals surface area (Å²) < 4.78 is 32.0. The summed E-state index contributed by atoms with van der Waals surface area (Å²) in [6, 6.07) is 4.61. The van der Waals surface area contributed by atoms with E-state index >= 15 is 0 Å². The zero-order chi connectivity index (χ0) is 15.6. The van der Waals surface area contributed by atoms with E-state index in [1.807, 2.05) is 0 Å². The highest BCUT2D eigenvalue weighted by Gasteiger charge is 2.30. The number of sulfonamides is 1. The molecule has 0 radical (unpaired) electrons. The van der Waals surface area contributed by atoms with E-state index in [1.165, 1.54) is 17.5 Å². The summed E-state index contributed by atoms with van der Waals surface area (Å²) in [7, 11) is -2.17. The smallest absolute Gasteiger partial charge is 0.246 e. The number of methoxy groups -OCH3 is 1. The number of carbonyl (C=O) groups excluding carboxylic acids is 1. The van der Waals surface area contributed by atoms with Crippen molar-refractivity contribution < 1.29 is 17.9 Å². The van der Waals surface area contributed by atoms with E-state index in [0.29, 0.717) is 18.7 Å². The van der Waals surface area contributed by atoms with Crippen LogP contribution in [-0.4, -0.2) is 38.7 Å². The maximum Gasteiger partial charge on any atom is 0.246 e. The minimum Gasteiger partial charge on any atom is -0.495 e. The Labute approximate surface area is 126 Å². The zero-order valence-corrected chi connectivity index (χ0v) is 13.4. The van der Waals surface area contributed by atoms with Crippen molar-refractivity contribution in [2.45, 2.75) is 31.6 Å². The molecule has 5 nitrogen and oxygen atoms in total. The minimum absolute atomic E-state index is 0.0736. The number of ketones is 1. The molecule has 6 heteroatoms. The van der Waals surface area contributed by atoms with Crippen LogP contribution in [-0.2, 0) is 10.0 Å². The number of hydrogen-bond acceptors (Lipinski definition) is 4. The van der Waals surface area contributed by atoms with Gasteiger partial charge >= 0.3 is 0 Å². The molecule has 1 heterocycles. The van der Waals surface area contributed by atoms with Crippen LogP contribution in [0.15, 0.2) is 23.1 Å². The van der Waals surface area contributed by atoms with E-state index in [1.54, 1.807) is 26.0 Å². The maximum atomic E-state index is 12.7. The molecule has 21 heavy (non-hydrogen) atoms. The second-order valence-corrected chi connectivity index (χ2v) is 7.40. The van der Waals surface area contributed by atoms with E-state index in [-0.39, 0.29) is 22.3 Å². The Hall–Kier alpha value is -1.40. The largest absolute Gasteiger partial charge is 0.495 e. The van der Waals surface area contributed by atoms with Gasteiger partial charge in [0.05, 0.1) is 7.11 Å². The summed E-state index contributed by atoms with van der Waals surface area (Å²) in [6.07, 6.45) is 1.73. The van der Waals surface area contributed by atoms with Gasteiger partial charge in [-0.15, -0.1) is 0 Å². The predicted octanol–water partition coefficient (Wildman–Crippen LogP) is 2.32. The quantitative estimate of drug-likeness (QED) is 0.783. The highest BCUT2D eigenvalue weighted by molar-refractivity contribution is 7.89. The molecular weight excluding hydrogens is 290 g/mol. The number of nitrogens with zero attached hydrogens (tertiary/aromatic N) is 1. The molecule has 1 aliphatic rings. The minimum atomic E-state index is -3.61. The van der Waals surface area contributed by atoms with Crippen LogP contribution in [0, 0.1) is 5.92 Å². The van der Waals surface area contributed by atoms with Crippen molar-refractivity contribution >= 4 is 15.8 Å². The number of carbonyl (C=O) groups is 1. The molecule has 2 rings (SSSR count). The molecule has 1 saturated heterocycles. The van der Waals surface area contributed by atoms with Crippen molar-refractivity contribution in [1.82, 2.24) is 4.31 Å². The van der Waals surface area contributed by atoms with Gasteiger partial charge in [-0.05, 0) is 31.0 Å². The molecular formula is C15H21NO4S. The Morgan fingerprint density at radius 3 is 2.38 bits per heavy atom. The van der Waals surface area contributed by atoms with Gasteiger partial charge in [0.15, 0.2) is 5.78 Å². The van der Waals surface area contributed by atoms with Gasteiger partial charge in [0, 0.05) is 24.6 Å². The fourth-order valence-corrected chi connectivity index (χ4v) is 4.13. The first-order valence-corrected chi connectivity index (χ1v) is 8.54. The molecule has 0 atom stereocenters. The Kier molecular flexibility index (Phi) is 4.68. The third-order valence-electron chi connectivity index (χ3n) is 3.66. The third kappa shape index (κ3) is 3.11. The number of rotatable bonds is 5. The average Bonchev–Trinajstić information content (AvgIpc) is 3.00. The number of hydrogen-bond donors (Lipinski definition) is 0. The van der Waals surface area contributed by atoms with Crippen LogP contribution in [0.2, 0.25) is 0 Å². The first-order chi connectivity index (χ1) is 9.87. The summed E-state index contributed by atoms with van der Waals surface area (Å²) in [6.45, 7) is 4.63. The van der Waals surface area contributed by atoms with E-state index in [9.17, 15) is 13.2 Å². The maximum absolute atomic E-state index is 12.7. The molecule has 116 valence electrons. The van der Waals surface area contributed by atoms with Crippen molar-refractivity contribution in [3.8, 4) is 5.75 Å². The molecule has 0 saturated carbocycles. The van der Waals surface area contributed by atoms with Gasteiger partial charge in [-0.25, -0.2) is 8.42 Å². The normalized spacial score (nSPS) is 16.4. The van der Waals surface area contributed by atoms with Crippen LogP contribution in [0.1, 0.15) is 37.0 Å². The van der Waals surface area contributed by atoms with E-state index in [0.717, 1.165) is 12.8 Å². The molecule has 0 N–H and O–H groups in total. The standard InChI is InChI=1S/C15H21NO4S/c1-11(2)15(17)12-6-7-13(20-3)14(10-12)21(18,19)16-8-4-5-9-16/h6-7,10-11H,4-5,8-9H2,1-3H3. The van der Waals surface area contributed by atoms with Gasteiger partial charge < -0.3 is 4.74 Å². The van der Waals surface area contributed by atoms with Crippen LogP contribution >= 0.6 is 0 Å². The Balaban J connectivity index is 2.50. The number of Topliss-reactive ketones (excluding diaryl/α,β-unsaturated/α-hetero) is 1. The number of ether oxygens (including phenoxy) is 1. The van der Waals surface area contributed by atoms with Crippen LogP contribution in [0.5, 0.6) is 5.75 Å². The van der Waals surface area contributed by atoms with Gasteiger partial charge in [0.2, 0.25) is 10.0 Å². The van der Waals surface area contributed by atoms with E-state index in [2.05, 4.69) is 0 Å². The van der Waals surface area contributed by atoms with E-state index in [4.69, 9.17) is 4.74 Å².